The van der Waals surface area contributed by atoms with Gasteiger partial charge in [-0.3, -0.25) is 4.79 Å². The lowest BCUT2D eigenvalue weighted by atomic mass is 9.96. The molecule has 31 heavy (non-hydrogen) atoms. The molecule has 0 bridgehead atoms. The molecule has 0 unspecified atom stereocenters. The zero-order valence-electron chi connectivity index (χ0n) is 17.0. The quantitative estimate of drug-likeness (QED) is 0.296. The molecule has 0 saturated carbocycles. The summed E-state index contributed by atoms with van der Waals surface area (Å²) < 4.78 is 12.1. The molecule has 0 radical (unpaired) electrons. The molecule has 0 fully saturated rings. The highest BCUT2D eigenvalue weighted by molar-refractivity contribution is 6.15. The molecule has 5 rings (SSSR count). The molecule has 1 aromatic heterocycles. The van der Waals surface area contributed by atoms with Crippen LogP contribution in [0.1, 0.15) is 15.9 Å². The van der Waals surface area contributed by atoms with Gasteiger partial charge in [0.15, 0.2) is 17.1 Å². The second-order valence-electron chi connectivity index (χ2n) is 7.26. The van der Waals surface area contributed by atoms with Gasteiger partial charge in [-0.05, 0) is 17.7 Å². The van der Waals surface area contributed by atoms with Crippen LogP contribution in [0.4, 0.5) is 0 Å². The van der Waals surface area contributed by atoms with Crippen LogP contribution in [-0.4, -0.2) is 12.9 Å². The average Bonchev–Trinajstić information content (AvgIpc) is 3.24. The summed E-state index contributed by atoms with van der Waals surface area (Å²) in [5.41, 5.74) is 4.66. The van der Waals surface area contributed by atoms with Crippen molar-refractivity contribution in [3.8, 4) is 28.2 Å². The molecule has 0 saturated heterocycles. The summed E-state index contributed by atoms with van der Waals surface area (Å²) >= 11 is 0. The van der Waals surface area contributed by atoms with Gasteiger partial charge in [-0.15, -0.1) is 0 Å². The lowest BCUT2D eigenvalue weighted by Gasteiger charge is -2.08. The number of fused-ring (bicyclic) bond motifs is 1. The molecule has 3 nitrogen and oxygen atoms in total. The fourth-order valence-corrected chi connectivity index (χ4v) is 3.95. The first-order valence-corrected chi connectivity index (χ1v) is 10.1. The van der Waals surface area contributed by atoms with E-state index < -0.39 is 0 Å². The lowest BCUT2D eigenvalue weighted by Crippen LogP contribution is -2.03. The standard InChI is InChI=1S/C28H20O3/c1-30-27-23(25(29)20-13-7-3-8-14-20)18-17-22-24(19-11-5-2-6-12-19)26(31-28(22)27)21-15-9-4-10-16-21/h2-18H,1H3. The van der Waals surface area contributed by atoms with Crippen molar-refractivity contribution in [2.45, 2.75) is 0 Å². The van der Waals surface area contributed by atoms with Gasteiger partial charge in [0, 0.05) is 22.1 Å². The number of ketones is 1. The maximum absolute atomic E-state index is 13.2. The van der Waals surface area contributed by atoms with E-state index in [0.29, 0.717) is 22.5 Å². The van der Waals surface area contributed by atoms with Crippen LogP contribution in [-0.2, 0) is 0 Å². The molecule has 150 valence electrons. The zero-order valence-corrected chi connectivity index (χ0v) is 17.0. The Labute approximate surface area is 180 Å². The van der Waals surface area contributed by atoms with E-state index in [1.807, 2.05) is 78.9 Å². The SMILES string of the molecule is COc1c(C(=O)c2ccccc2)ccc2c(-c3ccccc3)c(-c3ccccc3)oc12. The molecule has 0 amide bonds. The van der Waals surface area contributed by atoms with Crippen LogP contribution in [0.15, 0.2) is 108 Å². The van der Waals surface area contributed by atoms with Crippen molar-refractivity contribution >= 4 is 16.8 Å². The number of carbonyl (C=O) groups excluding carboxylic acids is 1. The van der Waals surface area contributed by atoms with Gasteiger partial charge < -0.3 is 9.15 Å². The van der Waals surface area contributed by atoms with Crippen LogP contribution in [0.3, 0.4) is 0 Å². The summed E-state index contributed by atoms with van der Waals surface area (Å²) in [6.07, 6.45) is 0. The monoisotopic (exact) mass is 404 g/mol. The van der Waals surface area contributed by atoms with Gasteiger partial charge in [0.25, 0.3) is 0 Å². The fraction of sp³-hybridized carbons (Fsp3) is 0.0357. The number of hydrogen-bond acceptors (Lipinski definition) is 3. The van der Waals surface area contributed by atoms with E-state index in [-0.39, 0.29) is 5.78 Å². The van der Waals surface area contributed by atoms with Gasteiger partial charge in [0.05, 0.1) is 12.7 Å². The summed E-state index contributed by atoms with van der Waals surface area (Å²) in [6.45, 7) is 0. The zero-order chi connectivity index (χ0) is 21.2. The van der Waals surface area contributed by atoms with E-state index in [9.17, 15) is 4.79 Å². The Morgan fingerprint density at radius 2 is 1.29 bits per heavy atom. The van der Waals surface area contributed by atoms with Crippen molar-refractivity contribution < 1.29 is 13.9 Å². The van der Waals surface area contributed by atoms with Crippen molar-refractivity contribution in [2.75, 3.05) is 7.11 Å². The summed E-state index contributed by atoms with van der Waals surface area (Å²) in [5.74, 6) is 1.10. The van der Waals surface area contributed by atoms with Gasteiger partial charge in [-0.2, -0.15) is 0 Å². The summed E-state index contributed by atoms with van der Waals surface area (Å²) in [7, 11) is 1.57. The maximum atomic E-state index is 13.2. The molecular weight excluding hydrogens is 384 g/mol. The minimum Gasteiger partial charge on any atom is -0.492 e. The largest absolute Gasteiger partial charge is 0.492 e. The molecule has 4 aromatic carbocycles. The number of rotatable bonds is 5. The van der Waals surface area contributed by atoms with Crippen LogP contribution in [0, 0.1) is 0 Å². The minimum absolute atomic E-state index is 0.0988. The second-order valence-corrected chi connectivity index (χ2v) is 7.26. The molecule has 5 aromatic rings. The highest BCUT2D eigenvalue weighted by Crippen LogP contribution is 2.45. The summed E-state index contributed by atoms with van der Waals surface area (Å²) in [4.78, 5) is 13.2. The highest BCUT2D eigenvalue weighted by atomic mass is 16.5. The van der Waals surface area contributed by atoms with Gasteiger partial charge in [0.1, 0.15) is 5.76 Å². The van der Waals surface area contributed by atoms with E-state index >= 15 is 0 Å². The Morgan fingerprint density at radius 3 is 1.90 bits per heavy atom. The number of methoxy groups -OCH3 is 1. The smallest absolute Gasteiger partial charge is 0.196 e. The first kappa shape index (κ1) is 18.9. The molecule has 0 spiro atoms. The van der Waals surface area contributed by atoms with Crippen LogP contribution >= 0.6 is 0 Å². The van der Waals surface area contributed by atoms with E-state index in [0.717, 1.165) is 27.8 Å². The van der Waals surface area contributed by atoms with Crippen molar-refractivity contribution in [1.82, 2.24) is 0 Å². The Morgan fingerprint density at radius 1 is 0.710 bits per heavy atom. The molecule has 3 heteroatoms. The second kappa shape index (κ2) is 7.96. The topological polar surface area (TPSA) is 39.4 Å². The lowest BCUT2D eigenvalue weighted by molar-refractivity contribution is 0.103. The van der Waals surface area contributed by atoms with E-state index in [1.165, 1.54) is 0 Å². The Bertz CT molecular complexity index is 1350. The molecule has 0 aliphatic carbocycles. The molecule has 0 atom stereocenters. The van der Waals surface area contributed by atoms with Crippen molar-refractivity contribution in [1.29, 1.82) is 0 Å². The Balaban J connectivity index is 1.79. The third-order valence-electron chi connectivity index (χ3n) is 5.40. The minimum atomic E-state index is -0.0988. The fourth-order valence-electron chi connectivity index (χ4n) is 3.95. The molecule has 1 heterocycles. The summed E-state index contributed by atoms with van der Waals surface area (Å²) in [5, 5.41) is 0.909. The third kappa shape index (κ3) is 3.30. The van der Waals surface area contributed by atoms with E-state index in [4.69, 9.17) is 9.15 Å². The molecular formula is C28H20O3. The number of carbonyl (C=O) groups is 1. The molecule has 0 N–H and O–H groups in total. The normalized spacial score (nSPS) is 10.9. The Kier molecular flexibility index (Phi) is 4.85. The number of hydrogen-bond donors (Lipinski definition) is 0. The maximum Gasteiger partial charge on any atom is 0.196 e. The number of furan rings is 1. The number of ether oxygens (including phenoxy) is 1. The van der Waals surface area contributed by atoms with Crippen molar-refractivity contribution in [3.05, 3.63) is 114 Å². The van der Waals surface area contributed by atoms with Crippen LogP contribution < -0.4 is 4.74 Å². The van der Waals surface area contributed by atoms with Gasteiger partial charge >= 0.3 is 0 Å². The Hall–Kier alpha value is -4.11. The van der Waals surface area contributed by atoms with Crippen LogP contribution in [0.5, 0.6) is 5.75 Å². The first-order chi connectivity index (χ1) is 15.3. The third-order valence-corrected chi connectivity index (χ3v) is 5.40. The first-order valence-electron chi connectivity index (χ1n) is 10.1. The predicted molar refractivity (Wildman–Crippen MR) is 124 cm³/mol. The van der Waals surface area contributed by atoms with Gasteiger partial charge in [-0.1, -0.05) is 91.0 Å². The van der Waals surface area contributed by atoms with Crippen molar-refractivity contribution in [3.63, 3.8) is 0 Å². The van der Waals surface area contributed by atoms with Crippen LogP contribution in [0.2, 0.25) is 0 Å². The molecule has 0 aliphatic heterocycles. The van der Waals surface area contributed by atoms with Gasteiger partial charge in [-0.25, -0.2) is 0 Å². The average molecular weight is 404 g/mol. The molecule has 0 aliphatic rings. The highest BCUT2D eigenvalue weighted by Gasteiger charge is 2.24. The predicted octanol–water partition coefficient (Wildman–Crippen LogP) is 7.01. The summed E-state index contributed by atoms with van der Waals surface area (Å²) in [6, 6.07) is 33.1. The van der Waals surface area contributed by atoms with E-state index in [2.05, 4.69) is 12.1 Å². The number of benzene rings is 4. The van der Waals surface area contributed by atoms with Gasteiger partial charge in [0.2, 0.25) is 0 Å². The van der Waals surface area contributed by atoms with Crippen molar-refractivity contribution in [2.24, 2.45) is 0 Å². The van der Waals surface area contributed by atoms with E-state index in [1.54, 1.807) is 19.2 Å². The van der Waals surface area contributed by atoms with Crippen LogP contribution in [0.25, 0.3) is 33.4 Å².